The van der Waals surface area contributed by atoms with Gasteiger partial charge >= 0.3 is 6.03 Å². The zero-order valence-electron chi connectivity index (χ0n) is 17.5. The molecular formula is C24H23FN4O3. The second kappa shape index (κ2) is 8.45. The van der Waals surface area contributed by atoms with Crippen LogP contribution in [0.15, 0.2) is 60.7 Å². The number of para-hydroxylation sites is 1. The predicted octanol–water partition coefficient (Wildman–Crippen LogP) is 3.30. The lowest BCUT2D eigenvalue weighted by atomic mass is 10.2. The van der Waals surface area contributed by atoms with Crippen molar-refractivity contribution in [3.63, 3.8) is 0 Å². The van der Waals surface area contributed by atoms with Crippen molar-refractivity contribution in [1.82, 2.24) is 14.8 Å². The molecule has 3 amide bonds. The molecule has 0 radical (unpaired) electrons. The van der Waals surface area contributed by atoms with Crippen molar-refractivity contribution in [1.29, 1.82) is 0 Å². The molecule has 2 aliphatic heterocycles. The maximum atomic E-state index is 13.2. The summed E-state index contributed by atoms with van der Waals surface area (Å²) in [4.78, 5) is 34.9. The van der Waals surface area contributed by atoms with E-state index in [2.05, 4.69) is 4.98 Å². The van der Waals surface area contributed by atoms with Gasteiger partial charge in [-0.1, -0.05) is 18.2 Å². The highest BCUT2D eigenvalue weighted by atomic mass is 19.1. The second-order valence-electron chi connectivity index (χ2n) is 8.04. The quantitative estimate of drug-likeness (QED) is 0.618. The van der Waals surface area contributed by atoms with Crippen molar-refractivity contribution in [2.24, 2.45) is 0 Å². The third kappa shape index (κ3) is 4.08. The molecule has 2 aliphatic rings. The molecule has 7 nitrogen and oxygen atoms in total. The Balaban J connectivity index is 1.16. The van der Waals surface area contributed by atoms with Gasteiger partial charge in [-0.05, 0) is 36.4 Å². The number of likely N-dealkylation sites (tertiary alicyclic amines) is 1. The van der Waals surface area contributed by atoms with Crippen molar-refractivity contribution in [3.05, 3.63) is 66.5 Å². The summed E-state index contributed by atoms with van der Waals surface area (Å²) in [5.74, 6) is 0.0988. The highest BCUT2D eigenvalue weighted by molar-refractivity contribution is 5.96. The third-order valence-corrected chi connectivity index (χ3v) is 5.92. The minimum Gasteiger partial charge on any atom is -0.472 e. The standard InChI is InChI=1S/C24H23FN4O3/c25-18-6-8-19(9-7-18)29-14-13-28(24(29)31)16-23(30)27-12-11-20(15-27)32-22-10-5-17-3-1-2-4-21(17)26-22/h1-10,20H,11-16H2. The number of amides is 3. The highest BCUT2D eigenvalue weighted by Crippen LogP contribution is 2.23. The Hall–Kier alpha value is -3.68. The second-order valence-corrected chi connectivity index (χ2v) is 8.04. The molecule has 8 heteroatoms. The summed E-state index contributed by atoms with van der Waals surface area (Å²) in [6.45, 7) is 2.00. The van der Waals surface area contributed by atoms with Gasteiger partial charge in [0, 0.05) is 43.2 Å². The van der Waals surface area contributed by atoms with Gasteiger partial charge in [-0.2, -0.15) is 0 Å². The van der Waals surface area contributed by atoms with E-state index < -0.39 is 0 Å². The number of nitrogens with zero attached hydrogens (tertiary/aromatic N) is 4. The normalized spacial score (nSPS) is 18.6. The molecule has 3 heterocycles. The maximum Gasteiger partial charge on any atom is 0.325 e. The van der Waals surface area contributed by atoms with Crippen LogP contribution in [0.2, 0.25) is 0 Å². The Labute approximate surface area is 185 Å². The Morgan fingerprint density at radius 1 is 1.03 bits per heavy atom. The first-order chi connectivity index (χ1) is 15.6. The van der Waals surface area contributed by atoms with Gasteiger partial charge in [0.25, 0.3) is 0 Å². The summed E-state index contributed by atoms with van der Waals surface area (Å²) in [7, 11) is 0. The van der Waals surface area contributed by atoms with Crippen molar-refractivity contribution in [2.75, 3.05) is 37.6 Å². The van der Waals surface area contributed by atoms with Crippen LogP contribution in [0, 0.1) is 5.82 Å². The smallest absolute Gasteiger partial charge is 0.325 e. The van der Waals surface area contributed by atoms with Crippen molar-refractivity contribution < 1.29 is 18.7 Å². The first-order valence-corrected chi connectivity index (χ1v) is 10.7. The molecule has 0 aliphatic carbocycles. The van der Waals surface area contributed by atoms with E-state index in [1.807, 2.05) is 36.4 Å². The number of carbonyl (C=O) groups is 2. The maximum absolute atomic E-state index is 13.2. The van der Waals surface area contributed by atoms with Gasteiger partial charge in [-0.3, -0.25) is 9.69 Å². The van der Waals surface area contributed by atoms with Crippen LogP contribution in [0.25, 0.3) is 10.9 Å². The van der Waals surface area contributed by atoms with Crippen LogP contribution < -0.4 is 9.64 Å². The fraction of sp³-hybridized carbons (Fsp3) is 0.292. The summed E-state index contributed by atoms with van der Waals surface area (Å²) in [5.41, 5.74) is 1.50. The predicted molar refractivity (Wildman–Crippen MR) is 118 cm³/mol. The zero-order chi connectivity index (χ0) is 22.1. The van der Waals surface area contributed by atoms with E-state index in [1.54, 1.807) is 21.9 Å². The molecule has 1 aromatic heterocycles. The molecule has 2 fully saturated rings. The first-order valence-electron chi connectivity index (χ1n) is 10.7. The van der Waals surface area contributed by atoms with Crippen LogP contribution in [-0.4, -0.2) is 65.5 Å². The molecule has 32 heavy (non-hydrogen) atoms. The van der Waals surface area contributed by atoms with Crippen molar-refractivity contribution in [2.45, 2.75) is 12.5 Å². The van der Waals surface area contributed by atoms with Gasteiger partial charge in [0.05, 0.1) is 12.1 Å². The molecule has 0 N–H and O–H groups in total. The number of ether oxygens (including phenoxy) is 1. The summed E-state index contributed by atoms with van der Waals surface area (Å²) in [6.07, 6.45) is 0.591. The van der Waals surface area contributed by atoms with Gasteiger partial charge in [0.15, 0.2) is 0 Å². The zero-order valence-corrected chi connectivity index (χ0v) is 17.5. The molecule has 0 spiro atoms. The van der Waals surface area contributed by atoms with Crippen LogP contribution in [0.3, 0.4) is 0 Å². The van der Waals surface area contributed by atoms with E-state index in [1.165, 1.54) is 17.0 Å². The number of hydrogen-bond acceptors (Lipinski definition) is 4. The summed E-state index contributed by atoms with van der Waals surface area (Å²) in [6, 6.07) is 17.2. The summed E-state index contributed by atoms with van der Waals surface area (Å²) < 4.78 is 19.2. The van der Waals surface area contributed by atoms with Gasteiger partial charge in [0.2, 0.25) is 11.8 Å². The van der Waals surface area contributed by atoms with E-state index in [0.29, 0.717) is 37.7 Å². The molecule has 2 aromatic carbocycles. The third-order valence-electron chi connectivity index (χ3n) is 5.92. The number of hydrogen-bond donors (Lipinski definition) is 0. The molecule has 3 aromatic rings. The Morgan fingerprint density at radius 2 is 1.84 bits per heavy atom. The van der Waals surface area contributed by atoms with Crippen LogP contribution in [0.4, 0.5) is 14.9 Å². The van der Waals surface area contributed by atoms with Crippen molar-refractivity contribution in [3.8, 4) is 5.88 Å². The number of urea groups is 1. The molecule has 2 saturated heterocycles. The molecule has 1 unspecified atom stereocenters. The average Bonchev–Trinajstić information content (AvgIpc) is 3.41. The minimum atomic E-state index is -0.350. The monoisotopic (exact) mass is 434 g/mol. The summed E-state index contributed by atoms with van der Waals surface area (Å²) in [5, 5.41) is 1.05. The lowest BCUT2D eigenvalue weighted by Crippen LogP contribution is -2.42. The number of rotatable bonds is 5. The number of benzene rings is 2. The largest absolute Gasteiger partial charge is 0.472 e. The minimum absolute atomic E-state index is 0.0253. The van der Waals surface area contributed by atoms with Crippen LogP contribution >= 0.6 is 0 Å². The SMILES string of the molecule is O=C(CN1CCN(c2ccc(F)cc2)C1=O)N1CCC(Oc2ccc3ccccc3n2)C1. The lowest BCUT2D eigenvalue weighted by Gasteiger charge is -2.22. The number of carbonyl (C=O) groups excluding carboxylic acids is 2. The van der Waals surface area contributed by atoms with Gasteiger partial charge < -0.3 is 14.5 Å². The number of fused-ring (bicyclic) bond motifs is 1. The molecule has 0 bridgehead atoms. The number of anilines is 1. The van der Waals surface area contributed by atoms with Crippen LogP contribution in [0.1, 0.15) is 6.42 Å². The molecule has 0 saturated carbocycles. The van der Waals surface area contributed by atoms with E-state index >= 15 is 0 Å². The van der Waals surface area contributed by atoms with E-state index in [4.69, 9.17) is 4.74 Å². The molecule has 164 valence electrons. The fourth-order valence-corrected chi connectivity index (χ4v) is 4.19. The lowest BCUT2D eigenvalue weighted by molar-refractivity contribution is -0.130. The number of halogens is 1. The Morgan fingerprint density at radius 3 is 2.69 bits per heavy atom. The average molecular weight is 434 g/mol. The van der Waals surface area contributed by atoms with Crippen molar-refractivity contribution >= 4 is 28.5 Å². The fourth-order valence-electron chi connectivity index (χ4n) is 4.19. The van der Waals surface area contributed by atoms with E-state index in [-0.39, 0.29) is 30.4 Å². The van der Waals surface area contributed by atoms with Gasteiger partial charge in [-0.15, -0.1) is 0 Å². The molecule has 1 atom stereocenters. The molecule has 5 rings (SSSR count). The van der Waals surface area contributed by atoms with Crippen LogP contribution in [-0.2, 0) is 4.79 Å². The van der Waals surface area contributed by atoms with E-state index in [9.17, 15) is 14.0 Å². The van der Waals surface area contributed by atoms with Crippen LogP contribution in [0.5, 0.6) is 5.88 Å². The van der Waals surface area contributed by atoms with E-state index in [0.717, 1.165) is 17.3 Å². The molecular weight excluding hydrogens is 411 g/mol. The van der Waals surface area contributed by atoms with Gasteiger partial charge in [0.1, 0.15) is 18.5 Å². The Kier molecular flexibility index (Phi) is 5.34. The number of pyridine rings is 1. The Bertz CT molecular complexity index is 1150. The summed E-state index contributed by atoms with van der Waals surface area (Å²) >= 11 is 0. The highest BCUT2D eigenvalue weighted by Gasteiger charge is 2.34. The van der Waals surface area contributed by atoms with Gasteiger partial charge in [-0.25, -0.2) is 14.2 Å². The topological polar surface area (TPSA) is 66.0 Å². The first kappa shape index (κ1) is 20.2. The number of aromatic nitrogens is 1.